The molecule has 0 radical (unpaired) electrons. The molecule has 0 spiro atoms. The molecule has 0 bridgehead atoms. The minimum atomic E-state index is -0.119. The predicted octanol–water partition coefficient (Wildman–Crippen LogP) is 0.735. The normalized spacial score (nSPS) is 10.4. The van der Waals surface area contributed by atoms with E-state index in [1.54, 1.807) is 24.3 Å². The minimum Gasteiger partial charge on any atom is -0.326 e. The molecule has 0 saturated carbocycles. The standard InChI is InChI=1S/C14H22N4O2/c1-11(19)16-12-4-6-13(7-5-12)17-14(20)10-15-8-9-18(2)3/h4-7,15H,8-10H2,1-3H3,(H,16,19)(H,17,20). The number of nitrogens with one attached hydrogen (secondary N) is 3. The molecule has 0 aliphatic heterocycles. The van der Waals surface area contributed by atoms with Crippen LogP contribution in [-0.2, 0) is 9.59 Å². The number of hydrogen-bond acceptors (Lipinski definition) is 4. The molecule has 1 rings (SSSR count). The summed E-state index contributed by atoms with van der Waals surface area (Å²) in [5.74, 6) is -0.206. The highest BCUT2D eigenvalue weighted by atomic mass is 16.2. The van der Waals surface area contributed by atoms with E-state index in [1.165, 1.54) is 6.92 Å². The SMILES string of the molecule is CC(=O)Nc1ccc(NC(=O)CNCCN(C)C)cc1. The largest absolute Gasteiger partial charge is 0.326 e. The van der Waals surface area contributed by atoms with E-state index in [2.05, 4.69) is 16.0 Å². The molecule has 0 heterocycles. The van der Waals surface area contributed by atoms with Gasteiger partial charge in [-0.1, -0.05) is 0 Å². The van der Waals surface area contributed by atoms with Crippen LogP contribution in [0.3, 0.4) is 0 Å². The van der Waals surface area contributed by atoms with Gasteiger partial charge in [0.25, 0.3) is 0 Å². The third kappa shape index (κ3) is 6.86. The molecule has 0 atom stereocenters. The van der Waals surface area contributed by atoms with Gasteiger partial charge in [0.1, 0.15) is 0 Å². The van der Waals surface area contributed by atoms with Gasteiger partial charge >= 0.3 is 0 Å². The number of hydrogen-bond donors (Lipinski definition) is 3. The van der Waals surface area contributed by atoms with Crippen molar-refractivity contribution in [3.05, 3.63) is 24.3 Å². The second kappa shape index (κ2) is 8.29. The quantitative estimate of drug-likeness (QED) is 0.643. The smallest absolute Gasteiger partial charge is 0.238 e. The number of rotatable bonds is 7. The molecule has 1 aromatic rings. The first-order valence-corrected chi connectivity index (χ1v) is 6.50. The molecule has 0 aliphatic carbocycles. The van der Waals surface area contributed by atoms with Crippen LogP contribution in [0.15, 0.2) is 24.3 Å². The predicted molar refractivity (Wildman–Crippen MR) is 80.8 cm³/mol. The lowest BCUT2D eigenvalue weighted by molar-refractivity contribution is -0.115. The highest BCUT2D eigenvalue weighted by Crippen LogP contribution is 2.13. The fourth-order valence-corrected chi connectivity index (χ4v) is 1.55. The van der Waals surface area contributed by atoms with Crippen LogP contribution < -0.4 is 16.0 Å². The van der Waals surface area contributed by atoms with E-state index in [0.717, 1.165) is 13.1 Å². The van der Waals surface area contributed by atoms with Crippen LogP contribution in [0.1, 0.15) is 6.92 Å². The van der Waals surface area contributed by atoms with E-state index in [4.69, 9.17) is 0 Å². The van der Waals surface area contributed by atoms with Gasteiger partial charge in [0.05, 0.1) is 6.54 Å². The molecule has 0 aromatic heterocycles. The number of likely N-dealkylation sites (N-methyl/N-ethyl adjacent to an activating group) is 1. The Bertz CT molecular complexity index is 443. The molecule has 0 aliphatic rings. The summed E-state index contributed by atoms with van der Waals surface area (Å²) in [5, 5.41) is 8.52. The molecule has 6 nitrogen and oxygen atoms in total. The van der Waals surface area contributed by atoms with Crippen molar-refractivity contribution in [3.8, 4) is 0 Å². The summed E-state index contributed by atoms with van der Waals surface area (Å²) in [6, 6.07) is 7.00. The van der Waals surface area contributed by atoms with Gasteiger partial charge in [-0.15, -0.1) is 0 Å². The zero-order valence-corrected chi connectivity index (χ0v) is 12.2. The van der Waals surface area contributed by atoms with Gasteiger partial charge in [-0.3, -0.25) is 9.59 Å². The van der Waals surface area contributed by atoms with Crippen LogP contribution in [0.5, 0.6) is 0 Å². The molecule has 20 heavy (non-hydrogen) atoms. The molecule has 110 valence electrons. The van der Waals surface area contributed by atoms with Gasteiger partial charge in [0, 0.05) is 31.4 Å². The van der Waals surface area contributed by atoms with E-state index in [9.17, 15) is 9.59 Å². The molecule has 0 saturated heterocycles. The maximum atomic E-state index is 11.7. The second-order valence-corrected chi connectivity index (χ2v) is 4.79. The molecule has 0 unspecified atom stereocenters. The summed E-state index contributed by atoms with van der Waals surface area (Å²) >= 11 is 0. The van der Waals surface area contributed by atoms with Gasteiger partial charge < -0.3 is 20.9 Å². The third-order valence-electron chi connectivity index (χ3n) is 2.51. The zero-order valence-electron chi connectivity index (χ0n) is 12.2. The van der Waals surface area contributed by atoms with Gasteiger partial charge in [-0.2, -0.15) is 0 Å². The topological polar surface area (TPSA) is 73.5 Å². The third-order valence-corrected chi connectivity index (χ3v) is 2.51. The molecule has 2 amide bonds. The number of carbonyl (C=O) groups is 2. The van der Waals surface area contributed by atoms with Crippen molar-refractivity contribution in [2.24, 2.45) is 0 Å². The Hall–Kier alpha value is -1.92. The van der Waals surface area contributed by atoms with Crippen molar-refractivity contribution in [3.63, 3.8) is 0 Å². The Morgan fingerprint density at radius 3 is 2.10 bits per heavy atom. The van der Waals surface area contributed by atoms with Crippen molar-refractivity contribution in [1.29, 1.82) is 0 Å². The maximum absolute atomic E-state index is 11.7. The van der Waals surface area contributed by atoms with E-state index in [0.29, 0.717) is 11.4 Å². The summed E-state index contributed by atoms with van der Waals surface area (Å²) in [4.78, 5) is 24.6. The number of amides is 2. The van der Waals surface area contributed by atoms with Crippen LogP contribution in [0.25, 0.3) is 0 Å². The molecule has 6 heteroatoms. The van der Waals surface area contributed by atoms with Gasteiger partial charge in [-0.25, -0.2) is 0 Å². The highest BCUT2D eigenvalue weighted by molar-refractivity contribution is 5.93. The van der Waals surface area contributed by atoms with Crippen molar-refractivity contribution < 1.29 is 9.59 Å². The Balaban J connectivity index is 2.33. The molecule has 1 aromatic carbocycles. The zero-order chi connectivity index (χ0) is 15.0. The molecular weight excluding hydrogens is 256 g/mol. The number of anilines is 2. The van der Waals surface area contributed by atoms with Gasteiger partial charge in [0.2, 0.25) is 11.8 Å². The van der Waals surface area contributed by atoms with E-state index >= 15 is 0 Å². The Morgan fingerprint density at radius 2 is 1.60 bits per heavy atom. The van der Waals surface area contributed by atoms with Crippen LogP contribution in [0, 0.1) is 0 Å². The lowest BCUT2D eigenvalue weighted by Gasteiger charge is -2.10. The molecular formula is C14H22N4O2. The first kappa shape index (κ1) is 16.1. The molecule has 3 N–H and O–H groups in total. The minimum absolute atomic E-state index is 0.0870. The van der Waals surface area contributed by atoms with Crippen molar-refractivity contribution >= 4 is 23.2 Å². The maximum Gasteiger partial charge on any atom is 0.238 e. The number of nitrogens with zero attached hydrogens (tertiary/aromatic N) is 1. The Labute approximate surface area is 119 Å². The van der Waals surface area contributed by atoms with E-state index in [-0.39, 0.29) is 18.4 Å². The average molecular weight is 278 g/mol. The first-order chi connectivity index (χ1) is 9.47. The van der Waals surface area contributed by atoms with Gasteiger partial charge in [0.15, 0.2) is 0 Å². The van der Waals surface area contributed by atoms with Crippen molar-refractivity contribution in [2.45, 2.75) is 6.92 Å². The summed E-state index contributed by atoms with van der Waals surface area (Å²) in [7, 11) is 3.97. The Kier molecular flexibility index (Phi) is 6.69. The van der Waals surface area contributed by atoms with Crippen molar-refractivity contribution in [2.75, 3.05) is 44.4 Å². The average Bonchev–Trinajstić information content (AvgIpc) is 2.36. The van der Waals surface area contributed by atoms with Gasteiger partial charge in [-0.05, 0) is 38.4 Å². The summed E-state index contributed by atoms with van der Waals surface area (Å²) in [6.45, 7) is 3.39. The van der Waals surface area contributed by atoms with E-state index < -0.39 is 0 Å². The summed E-state index contributed by atoms with van der Waals surface area (Å²) in [5.41, 5.74) is 1.41. The summed E-state index contributed by atoms with van der Waals surface area (Å²) in [6.07, 6.45) is 0. The summed E-state index contributed by atoms with van der Waals surface area (Å²) < 4.78 is 0. The van der Waals surface area contributed by atoms with Crippen LogP contribution in [0.2, 0.25) is 0 Å². The van der Waals surface area contributed by atoms with Crippen LogP contribution >= 0.6 is 0 Å². The van der Waals surface area contributed by atoms with E-state index in [1.807, 2.05) is 19.0 Å². The number of carbonyl (C=O) groups excluding carboxylic acids is 2. The van der Waals surface area contributed by atoms with Crippen LogP contribution in [-0.4, -0.2) is 50.4 Å². The highest BCUT2D eigenvalue weighted by Gasteiger charge is 2.02. The Morgan fingerprint density at radius 1 is 1.05 bits per heavy atom. The van der Waals surface area contributed by atoms with Crippen LogP contribution in [0.4, 0.5) is 11.4 Å². The molecule has 0 fully saturated rings. The fourth-order valence-electron chi connectivity index (χ4n) is 1.55. The van der Waals surface area contributed by atoms with Crippen molar-refractivity contribution in [1.82, 2.24) is 10.2 Å². The second-order valence-electron chi connectivity index (χ2n) is 4.79. The lowest BCUT2D eigenvalue weighted by Crippen LogP contribution is -2.33. The fraction of sp³-hybridized carbons (Fsp3) is 0.429. The lowest BCUT2D eigenvalue weighted by atomic mass is 10.2. The number of benzene rings is 1. The first-order valence-electron chi connectivity index (χ1n) is 6.50. The monoisotopic (exact) mass is 278 g/mol.